The first kappa shape index (κ1) is 23.5. The van der Waals surface area contributed by atoms with E-state index in [-0.39, 0.29) is 18.4 Å². The third-order valence-corrected chi connectivity index (χ3v) is 4.97. The lowest BCUT2D eigenvalue weighted by atomic mass is 10.1. The number of carbonyl (C=O) groups excluding carboxylic acids is 3. The molecule has 0 atom stereocenters. The number of esters is 1. The Kier molecular flexibility index (Phi) is 7.81. The molecular weight excluding hydrogens is 420 g/mol. The van der Waals surface area contributed by atoms with Crippen LogP contribution in [0.15, 0.2) is 66.7 Å². The van der Waals surface area contributed by atoms with Crippen LogP contribution in [0, 0.1) is 13.8 Å². The molecule has 0 aliphatic heterocycles. The Hall–Kier alpha value is -4.13. The van der Waals surface area contributed by atoms with Gasteiger partial charge in [-0.1, -0.05) is 30.3 Å². The van der Waals surface area contributed by atoms with Gasteiger partial charge in [-0.15, -0.1) is 0 Å². The van der Waals surface area contributed by atoms with Gasteiger partial charge in [-0.05, 0) is 66.9 Å². The summed E-state index contributed by atoms with van der Waals surface area (Å²) in [5.74, 6) is 0.00749. The van der Waals surface area contributed by atoms with Gasteiger partial charge in [-0.2, -0.15) is 0 Å². The van der Waals surface area contributed by atoms with E-state index in [0.717, 1.165) is 16.7 Å². The number of amides is 2. The molecule has 0 saturated heterocycles. The summed E-state index contributed by atoms with van der Waals surface area (Å²) in [4.78, 5) is 35.7. The minimum absolute atomic E-state index is 0.0646. The van der Waals surface area contributed by atoms with Crippen LogP contribution in [0.1, 0.15) is 34.0 Å². The Morgan fingerprint density at radius 1 is 0.909 bits per heavy atom. The van der Waals surface area contributed by atoms with E-state index < -0.39 is 5.97 Å². The number of hydrogen-bond acceptors (Lipinski definition) is 5. The molecule has 0 aromatic heterocycles. The average molecular weight is 447 g/mol. The Bertz CT molecular complexity index is 1160. The van der Waals surface area contributed by atoms with Crippen LogP contribution < -0.4 is 20.1 Å². The Morgan fingerprint density at radius 2 is 1.64 bits per heavy atom. The largest absolute Gasteiger partial charge is 0.483 e. The summed E-state index contributed by atoms with van der Waals surface area (Å²) in [6, 6.07) is 19.2. The molecule has 0 radical (unpaired) electrons. The Morgan fingerprint density at radius 3 is 2.36 bits per heavy atom. The molecule has 170 valence electrons. The first-order valence-electron chi connectivity index (χ1n) is 10.5. The van der Waals surface area contributed by atoms with Gasteiger partial charge in [-0.25, -0.2) is 0 Å². The van der Waals surface area contributed by atoms with Crippen molar-refractivity contribution in [3.8, 4) is 11.5 Å². The molecule has 33 heavy (non-hydrogen) atoms. The van der Waals surface area contributed by atoms with Gasteiger partial charge in [-0.3, -0.25) is 14.4 Å². The second-order valence-electron chi connectivity index (χ2n) is 7.54. The third kappa shape index (κ3) is 6.93. The van der Waals surface area contributed by atoms with E-state index >= 15 is 0 Å². The maximum absolute atomic E-state index is 12.5. The zero-order valence-corrected chi connectivity index (χ0v) is 18.8. The summed E-state index contributed by atoms with van der Waals surface area (Å²) in [7, 11) is 0. The van der Waals surface area contributed by atoms with E-state index in [2.05, 4.69) is 10.6 Å². The van der Waals surface area contributed by atoms with Crippen molar-refractivity contribution in [2.24, 2.45) is 0 Å². The summed E-state index contributed by atoms with van der Waals surface area (Å²) < 4.78 is 10.6. The van der Waals surface area contributed by atoms with Crippen LogP contribution in [-0.2, 0) is 16.1 Å². The number of rotatable bonds is 8. The minimum Gasteiger partial charge on any atom is -0.483 e. The molecule has 2 N–H and O–H groups in total. The molecule has 0 saturated carbocycles. The number of aryl methyl sites for hydroxylation is 1. The van der Waals surface area contributed by atoms with Crippen molar-refractivity contribution in [1.82, 2.24) is 5.32 Å². The van der Waals surface area contributed by atoms with Crippen LogP contribution in [-0.4, -0.2) is 24.4 Å². The van der Waals surface area contributed by atoms with Gasteiger partial charge in [0.1, 0.15) is 11.5 Å². The van der Waals surface area contributed by atoms with E-state index in [1.165, 1.54) is 13.0 Å². The summed E-state index contributed by atoms with van der Waals surface area (Å²) >= 11 is 0. The molecule has 7 nitrogen and oxygen atoms in total. The zero-order chi connectivity index (χ0) is 23.8. The highest BCUT2D eigenvalue weighted by atomic mass is 16.5. The molecule has 0 aliphatic rings. The molecule has 0 bridgehead atoms. The van der Waals surface area contributed by atoms with Crippen LogP contribution >= 0.6 is 0 Å². The van der Waals surface area contributed by atoms with Crippen molar-refractivity contribution < 1.29 is 23.9 Å². The number of carbonyl (C=O) groups is 3. The zero-order valence-electron chi connectivity index (χ0n) is 18.8. The smallest absolute Gasteiger partial charge is 0.308 e. The molecule has 0 fully saturated rings. The van der Waals surface area contributed by atoms with Crippen LogP contribution in [0.3, 0.4) is 0 Å². The first-order valence-corrected chi connectivity index (χ1v) is 10.5. The van der Waals surface area contributed by atoms with Crippen LogP contribution in [0.2, 0.25) is 0 Å². The van der Waals surface area contributed by atoms with E-state index in [1.807, 2.05) is 44.2 Å². The maximum Gasteiger partial charge on any atom is 0.308 e. The van der Waals surface area contributed by atoms with Crippen molar-refractivity contribution in [2.75, 3.05) is 11.9 Å². The number of hydrogen-bond donors (Lipinski definition) is 2. The predicted octanol–water partition coefficient (Wildman–Crippen LogP) is 4.18. The number of benzene rings is 3. The van der Waals surface area contributed by atoms with Crippen molar-refractivity contribution >= 4 is 23.5 Å². The van der Waals surface area contributed by atoms with E-state index in [4.69, 9.17) is 9.47 Å². The fourth-order valence-electron chi connectivity index (χ4n) is 3.05. The normalized spacial score (nSPS) is 10.3. The van der Waals surface area contributed by atoms with E-state index in [9.17, 15) is 14.4 Å². The minimum atomic E-state index is -0.452. The lowest BCUT2D eigenvalue weighted by Crippen LogP contribution is -2.28. The molecule has 0 aliphatic carbocycles. The molecule has 0 heterocycles. The first-order chi connectivity index (χ1) is 15.8. The Labute approximate surface area is 192 Å². The van der Waals surface area contributed by atoms with Gasteiger partial charge < -0.3 is 20.1 Å². The highest BCUT2D eigenvalue weighted by Gasteiger charge is 2.09. The second-order valence-corrected chi connectivity index (χ2v) is 7.54. The second kappa shape index (κ2) is 10.9. The fourth-order valence-corrected chi connectivity index (χ4v) is 3.05. The van der Waals surface area contributed by atoms with Crippen molar-refractivity contribution in [3.63, 3.8) is 0 Å². The molecule has 3 aromatic rings. The SMILES string of the molecule is CC(=O)Oc1cccc(C(=O)Nc2ccc(CNC(=O)COc3cccc(C)c3C)cc2)c1. The van der Waals surface area contributed by atoms with Crippen LogP contribution in [0.5, 0.6) is 11.5 Å². The molecule has 0 unspecified atom stereocenters. The van der Waals surface area contributed by atoms with Crippen molar-refractivity contribution in [3.05, 3.63) is 89.0 Å². The van der Waals surface area contributed by atoms with Crippen molar-refractivity contribution in [2.45, 2.75) is 27.3 Å². The monoisotopic (exact) mass is 446 g/mol. The lowest BCUT2D eigenvalue weighted by molar-refractivity contribution is -0.131. The summed E-state index contributed by atoms with van der Waals surface area (Å²) in [5, 5.41) is 5.61. The summed E-state index contributed by atoms with van der Waals surface area (Å²) in [5.41, 5.74) is 3.98. The molecule has 7 heteroatoms. The summed E-state index contributed by atoms with van der Waals surface area (Å²) in [6.45, 7) is 5.53. The fraction of sp³-hybridized carbons (Fsp3) is 0.192. The third-order valence-electron chi connectivity index (χ3n) is 4.97. The predicted molar refractivity (Wildman–Crippen MR) is 125 cm³/mol. The van der Waals surface area contributed by atoms with Gasteiger partial charge in [0.2, 0.25) is 0 Å². The summed E-state index contributed by atoms with van der Waals surface area (Å²) in [6.07, 6.45) is 0. The molecule has 2 amide bonds. The maximum atomic E-state index is 12.5. The molecule has 3 rings (SSSR count). The van der Waals surface area contributed by atoms with Gasteiger partial charge in [0.05, 0.1) is 0 Å². The molecular formula is C26H26N2O5. The Balaban J connectivity index is 1.49. The van der Waals surface area contributed by atoms with E-state index in [1.54, 1.807) is 30.3 Å². The van der Waals surface area contributed by atoms with Crippen molar-refractivity contribution in [1.29, 1.82) is 0 Å². The van der Waals surface area contributed by atoms with Gasteiger partial charge >= 0.3 is 5.97 Å². The highest BCUT2D eigenvalue weighted by molar-refractivity contribution is 6.04. The van der Waals surface area contributed by atoms with Gasteiger partial charge in [0.25, 0.3) is 11.8 Å². The highest BCUT2D eigenvalue weighted by Crippen LogP contribution is 2.20. The quantitative estimate of drug-likeness (QED) is 0.400. The van der Waals surface area contributed by atoms with E-state index in [0.29, 0.717) is 29.3 Å². The number of ether oxygens (including phenoxy) is 2. The van der Waals surface area contributed by atoms with Gasteiger partial charge in [0.15, 0.2) is 6.61 Å². The van der Waals surface area contributed by atoms with Crippen LogP contribution in [0.25, 0.3) is 0 Å². The van der Waals surface area contributed by atoms with Crippen LogP contribution in [0.4, 0.5) is 5.69 Å². The molecule has 3 aromatic carbocycles. The standard InChI is InChI=1S/C26H26N2O5/c1-17-6-4-9-24(18(17)2)32-16-25(30)27-15-20-10-12-22(13-11-20)28-26(31)21-7-5-8-23(14-21)33-19(3)29/h4-14H,15-16H2,1-3H3,(H,27,30)(H,28,31). The van der Waals surface area contributed by atoms with Gasteiger partial charge in [0, 0.05) is 24.7 Å². The topological polar surface area (TPSA) is 93.7 Å². The average Bonchev–Trinajstić information content (AvgIpc) is 2.79. The number of nitrogens with one attached hydrogen (secondary N) is 2. The molecule has 0 spiro atoms. The lowest BCUT2D eigenvalue weighted by Gasteiger charge is -2.11. The number of anilines is 1.